The van der Waals surface area contributed by atoms with E-state index >= 15 is 0 Å². The summed E-state index contributed by atoms with van der Waals surface area (Å²) in [4.78, 5) is 10.1. The Morgan fingerprint density at radius 1 is 1.62 bits per heavy atom. The number of carbonyl (C=O) groups excluding carboxylic acids is 1. The van der Waals surface area contributed by atoms with Gasteiger partial charge in [-0.3, -0.25) is 4.79 Å². The van der Waals surface area contributed by atoms with Crippen molar-refractivity contribution in [1.82, 2.24) is 0 Å². The van der Waals surface area contributed by atoms with E-state index in [1.54, 1.807) is 0 Å². The van der Waals surface area contributed by atoms with E-state index < -0.39 is 0 Å². The van der Waals surface area contributed by atoms with Gasteiger partial charge in [0.2, 0.25) is 0 Å². The van der Waals surface area contributed by atoms with Crippen molar-refractivity contribution >= 4 is 18.0 Å². The van der Waals surface area contributed by atoms with E-state index in [0.717, 1.165) is 23.4 Å². The molecule has 0 saturated carbocycles. The van der Waals surface area contributed by atoms with Gasteiger partial charge in [0.05, 0.1) is 0 Å². The van der Waals surface area contributed by atoms with E-state index in [0.29, 0.717) is 0 Å². The number of thioether (sulfide) groups is 1. The molecule has 0 aromatic rings. The fourth-order valence-electron chi connectivity index (χ4n) is 0.665. The molecule has 1 aliphatic heterocycles. The molecule has 0 saturated heterocycles. The van der Waals surface area contributed by atoms with Crippen LogP contribution in [-0.4, -0.2) is 17.8 Å². The second-order valence-corrected chi connectivity index (χ2v) is 2.90. The minimum absolute atomic E-state index is 0.926. The molecule has 1 heterocycles. The fourth-order valence-corrected chi connectivity index (χ4v) is 1.79. The second kappa shape index (κ2) is 2.35. The van der Waals surface area contributed by atoms with Crippen molar-refractivity contribution in [1.29, 1.82) is 0 Å². The number of hydrogen-bond acceptors (Lipinski definition) is 2. The molecule has 1 nitrogen and oxygen atoms in total. The third-order valence-corrected chi connectivity index (χ3v) is 2.42. The predicted molar refractivity (Wildman–Crippen MR) is 36.1 cm³/mol. The molecular weight excluding hydrogens is 120 g/mol. The topological polar surface area (TPSA) is 17.1 Å². The zero-order chi connectivity index (χ0) is 5.98. The summed E-state index contributed by atoms with van der Waals surface area (Å²) in [5, 5.41) is 0. The molecule has 0 aliphatic carbocycles. The lowest BCUT2D eigenvalue weighted by molar-refractivity contribution is -0.104. The van der Waals surface area contributed by atoms with Gasteiger partial charge in [0.25, 0.3) is 0 Å². The molecule has 0 atom stereocenters. The van der Waals surface area contributed by atoms with Gasteiger partial charge in [-0.2, -0.15) is 11.8 Å². The molecule has 0 bridgehead atoms. The number of rotatable bonds is 1. The van der Waals surface area contributed by atoms with Crippen LogP contribution < -0.4 is 0 Å². The predicted octanol–water partition coefficient (Wildman–Crippen LogP) is 1.25. The Morgan fingerprint density at radius 3 is 2.62 bits per heavy atom. The molecule has 2 heteroatoms. The van der Waals surface area contributed by atoms with E-state index in [1.165, 1.54) is 5.57 Å². The van der Waals surface area contributed by atoms with Crippen molar-refractivity contribution in [2.45, 2.75) is 6.92 Å². The standard InChI is InChI=1S/C6H8OS/c1-5-3-8-4-6(5)2-7/h2H,3-4H2,1H3. The van der Waals surface area contributed by atoms with Crippen molar-refractivity contribution in [2.24, 2.45) is 0 Å². The van der Waals surface area contributed by atoms with Crippen LogP contribution in [0.15, 0.2) is 11.1 Å². The Morgan fingerprint density at radius 2 is 2.38 bits per heavy atom. The van der Waals surface area contributed by atoms with Crippen LogP contribution in [0, 0.1) is 0 Å². The van der Waals surface area contributed by atoms with Gasteiger partial charge in [-0.25, -0.2) is 0 Å². The molecule has 1 aliphatic rings. The molecule has 0 radical (unpaired) electrons. The van der Waals surface area contributed by atoms with E-state index in [1.807, 2.05) is 18.7 Å². The van der Waals surface area contributed by atoms with Crippen LogP contribution in [0.4, 0.5) is 0 Å². The Labute approximate surface area is 53.2 Å². The first kappa shape index (κ1) is 5.89. The lowest BCUT2D eigenvalue weighted by atomic mass is 10.2. The second-order valence-electron chi connectivity index (χ2n) is 1.92. The molecule has 0 spiro atoms. The van der Waals surface area contributed by atoms with Gasteiger partial charge >= 0.3 is 0 Å². The first-order valence-corrected chi connectivity index (χ1v) is 3.71. The Balaban J connectivity index is 2.72. The molecule has 8 heavy (non-hydrogen) atoms. The lowest BCUT2D eigenvalue weighted by Crippen LogP contribution is -1.84. The van der Waals surface area contributed by atoms with Crippen molar-refractivity contribution in [3.8, 4) is 0 Å². The monoisotopic (exact) mass is 128 g/mol. The summed E-state index contributed by atoms with van der Waals surface area (Å²) >= 11 is 1.81. The minimum Gasteiger partial charge on any atom is -0.298 e. The largest absolute Gasteiger partial charge is 0.298 e. The minimum atomic E-state index is 0.926. The number of carbonyl (C=O) groups is 1. The summed E-state index contributed by atoms with van der Waals surface area (Å²) in [6, 6.07) is 0. The first-order chi connectivity index (χ1) is 3.84. The van der Waals surface area contributed by atoms with Gasteiger partial charge in [0, 0.05) is 17.1 Å². The summed E-state index contributed by atoms with van der Waals surface area (Å²) in [5.41, 5.74) is 2.25. The van der Waals surface area contributed by atoms with Crippen LogP contribution >= 0.6 is 11.8 Å². The summed E-state index contributed by atoms with van der Waals surface area (Å²) < 4.78 is 0. The van der Waals surface area contributed by atoms with Crippen LogP contribution in [0.25, 0.3) is 0 Å². The van der Waals surface area contributed by atoms with Crippen molar-refractivity contribution in [3.63, 3.8) is 0 Å². The summed E-state index contributed by atoms with van der Waals surface area (Å²) in [6.07, 6.45) is 0.968. The normalized spacial score (nSPS) is 19.6. The highest BCUT2D eigenvalue weighted by atomic mass is 32.2. The van der Waals surface area contributed by atoms with E-state index in [4.69, 9.17) is 0 Å². The SMILES string of the molecule is CC1=C(C=O)CSC1. The fraction of sp³-hybridized carbons (Fsp3) is 0.500. The quantitative estimate of drug-likeness (QED) is 0.494. The molecule has 0 fully saturated rings. The van der Waals surface area contributed by atoms with Gasteiger partial charge in [-0.05, 0) is 6.92 Å². The molecule has 0 aromatic carbocycles. The first-order valence-electron chi connectivity index (χ1n) is 2.56. The molecule has 0 aromatic heterocycles. The van der Waals surface area contributed by atoms with Gasteiger partial charge in [0.1, 0.15) is 6.29 Å². The number of aldehydes is 1. The van der Waals surface area contributed by atoms with E-state index in [-0.39, 0.29) is 0 Å². The molecular formula is C6H8OS. The maximum absolute atomic E-state index is 10.1. The van der Waals surface area contributed by atoms with Gasteiger partial charge < -0.3 is 0 Å². The maximum Gasteiger partial charge on any atom is 0.146 e. The van der Waals surface area contributed by atoms with Crippen LogP contribution in [0.5, 0.6) is 0 Å². The van der Waals surface area contributed by atoms with Gasteiger partial charge in [-0.15, -0.1) is 0 Å². The highest BCUT2D eigenvalue weighted by Gasteiger charge is 2.08. The average Bonchev–Trinajstić information content (AvgIpc) is 2.14. The average molecular weight is 128 g/mol. The van der Waals surface area contributed by atoms with E-state index in [2.05, 4.69) is 0 Å². The van der Waals surface area contributed by atoms with Crippen LogP contribution in [-0.2, 0) is 4.79 Å². The van der Waals surface area contributed by atoms with Crippen LogP contribution in [0.1, 0.15) is 6.92 Å². The number of hydrogen-bond donors (Lipinski definition) is 0. The molecule has 0 N–H and O–H groups in total. The smallest absolute Gasteiger partial charge is 0.146 e. The highest BCUT2D eigenvalue weighted by Crippen LogP contribution is 2.21. The zero-order valence-electron chi connectivity index (χ0n) is 4.81. The summed E-state index contributed by atoms with van der Waals surface area (Å²) in [5.74, 6) is 1.98. The Kier molecular flexibility index (Phi) is 1.73. The zero-order valence-corrected chi connectivity index (χ0v) is 5.62. The van der Waals surface area contributed by atoms with Crippen molar-refractivity contribution in [3.05, 3.63) is 11.1 Å². The van der Waals surface area contributed by atoms with Gasteiger partial charge in [-0.1, -0.05) is 5.57 Å². The van der Waals surface area contributed by atoms with E-state index in [9.17, 15) is 4.79 Å². The van der Waals surface area contributed by atoms with Gasteiger partial charge in [0.15, 0.2) is 0 Å². The molecule has 0 unspecified atom stereocenters. The lowest BCUT2D eigenvalue weighted by Gasteiger charge is -1.85. The molecule has 0 amide bonds. The van der Waals surface area contributed by atoms with Crippen LogP contribution in [0.3, 0.4) is 0 Å². The Bertz CT molecular complexity index is 137. The summed E-state index contributed by atoms with van der Waals surface area (Å²) in [7, 11) is 0. The Hall–Kier alpha value is -0.240. The van der Waals surface area contributed by atoms with Crippen LogP contribution in [0.2, 0.25) is 0 Å². The van der Waals surface area contributed by atoms with Crippen molar-refractivity contribution in [2.75, 3.05) is 11.5 Å². The molecule has 44 valence electrons. The maximum atomic E-state index is 10.1. The molecule has 1 rings (SSSR count). The van der Waals surface area contributed by atoms with Crippen molar-refractivity contribution < 1.29 is 4.79 Å². The highest BCUT2D eigenvalue weighted by molar-refractivity contribution is 7.99. The third kappa shape index (κ3) is 0.944. The summed E-state index contributed by atoms with van der Waals surface area (Å²) in [6.45, 7) is 2.02. The third-order valence-electron chi connectivity index (χ3n) is 1.27.